The highest BCUT2D eigenvalue weighted by atomic mass is 32.2. The summed E-state index contributed by atoms with van der Waals surface area (Å²) in [5.74, 6) is 0.126. The number of sulfonamides is 1. The first kappa shape index (κ1) is 23.5. The molecular weight excluding hydrogens is 444 g/mol. The Morgan fingerprint density at radius 2 is 1.64 bits per heavy atom. The predicted octanol–water partition coefficient (Wildman–Crippen LogP) is 2.93. The molecule has 0 N–H and O–H groups in total. The molecule has 0 bridgehead atoms. The van der Waals surface area contributed by atoms with Crippen molar-refractivity contribution in [2.45, 2.75) is 24.2 Å². The first-order chi connectivity index (χ1) is 16.1. The van der Waals surface area contributed by atoms with Crippen LogP contribution in [0.2, 0.25) is 0 Å². The first-order valence-electron chi connectivity index (χ1n) is 11.4. The number of piperidine rings is 1. The van der Waals surface area contributed by atoms with E-state index in [1.165, 1.54) is 10.4 Å². The van der Waals surface area contributed by atoms with E-state index in [-0.39, 0.29) is 23.7 Å². The highest BCUT2D eigenvalue weighted by Gasteiger charge is 2.29. The molecule has 8 nitrogen and oxygen atoms in total. The van der Waals surface area contributed by atoms with Gasteiger partial charge in [0.05, 0.1) is 29.4 Å². The van der Waals surface area contributed by atoms with E-state index in [1.54, 1.807) is 12.1 Å². The first-order valence-corrected chi connectivity index (χ1v) is 12.8. The highest BCUT2D eigenvalue weighted by Crippen LogP contribution is 2.28. The summed E-state index contributed by atoms with van der Waals surface area (Å²) in [5, 5.41) is 0. The molecule has 2 aromatic carbocycles. The van der Waals surface area contributed by atoms with E-state index in [2.05, 4.69) is 0 Å². The minimum absolute atomic E-state index is 0.0549. The number of nitrogens with zero attached hydrogens (tertiary/aromatic N) is 2. The molecular formula is C24H30N2O6S. The molecule has 9 heteroatoms. The summed E-state index contributed by atoms with van der Waals surface area (Å²) in [6.07, 6.45) is 2.73. The van der Waals surface area contributed by atoms with Crippen LogP contribution in [0.5, 0.6) is 5.75 Å². The number of esters is 1. The molecule has 2 aliphatic heterocycles. The Labute approximate surface area is 195 Å². The molecule has 0 unspecified atom stereocenters. The zero-order valence-corrected chi connectivity index (χ0v) is 19.5. The van der Waals surface area contributed by atoms with Crippen molar-refractivity contribution in [1.29, 1.82) is 0 Å². The Morgan fingerprint density at radius 3 is 2.36 bits per heavy atom. The minimum atomic E-state index is -3.67. The van der Waals surface area contributed by atoms with Crippen molar-refractivity contribution < 1.29 is 27.4 Å². The van der Waals surface area contributed by atoms with Crippen molar-refractivity contribution in [2.75, 3.05) is 57.5 Å². The van der Waals surface area contributed by atoms with Gasteiger partial charge in [-0.1, -0.05) is 24.6 Å². The monoisotopic (exact) mass is 474 g/mol. The lowest BCUT2D eigenvalue weighted by molar-refractivity contribution is 0.0450. The number of para-hydroxylation sites is 1. The van der Waals surface area contributed by atoms with Crippen LogP contribution in [0.1, 0.15) is 29.6 Å². The lowest BCUT2D eigenvalue weighted by Crippen LogP contribution is -2.38. The molecule has 0 aliphatic carbocycles. The quantitative estimate of drug-likeness (QED) is 0.430. The van der Waals surface area contributed by atoms with Gasteiger partial charge in [0, 0.05) is 26.2 Å². The summed E-state index contributed by atoms with van der Waals surface area (Å²) in [7, 11) is -3.67. The van der Waals surface area contributed by atoms with Gasteiger partial charge in [0.2, 0.25) is 10.0 Å². The molecule has 2 aliphatic rings. The van der Waals surface area contributed by atoms with Crippen LogP contribution >= 0.6 is 0 Å². The van der Waals surface area contributed by atoms with Gasteiger partial charge in [-0.25, -0.2) is 13.2 Å². The van der Waals surface area contributed by atoms with Crippen LogP contribution < -0.4 is 9.64 Å². The standard InChI is InChI=1S/C24H30N2O6S/c27-24(32-18-17-31-20-7-3-1-4-8-20)22-19-21(33(28,29)26-11-5-2-6-12-26)9-10-23(22)25-13-15-30-16-14-25/h1,3-4,7-10,19H,2,5-6,11-18H2. The van der Waals surface area contributed by atoms with Crippen molar-refractivity contribution in [3.63, 3.8) is 0 Å². The second kappa shape index (κ2) is 11.0. The van der Waals surface area contributed by atoms with Crippen LogP contribution in [-0.4, -0.2) is 71.3 Å². The number of hydrogen-bond donors (Lipinski definition) is 0. The van der Waals surface area contributed by atoms with Gasteiger partial charge in [0.15, 0.2) is 0 Å². The molecule has 2 fully saturated rings. The molecule has 2 heterocycles. The van der Waals surface area contributed by atoms with E-state index in [0.29, 0.717) is 50.8 Å². The molecule has 2 saturated heterocycles. The molecule has 33 heavy (non-hydrogen) atoms. The largest absolute Gasteiger partial charge is 0.490 e. The predicted molar refractivity (Wildman–Crippen MR) is 124 cm³/mol. The summed E-state index contributed by atoms with van der Waals surface area (Å²) in [4.78, 5) is 15.2. The maximum atomic E-state index is 13.2. The molecule has 0 atom stereocenters. The van der Waals surface area contributed by atoms with Gasteiger partial charge < -0.3 is 19.1 Å². The lowest BCUT2D eigenvalue weighted by atomic mass is 10.1. The van der Waals surface area contributed by atoms with Gasteiger partial charge in [-0.2, -0.15) is 4.31 Å². The molecule has 0 saturated carbocycles. The number of anilines is 1. The number of carbonyl (C=O) groups is 1. The average Bonchev–Trinajstić information content (AvgIpc) is 2.88. The maximum absolute atomic E-state index is 13.2. The van der Waals surface area contributed by atoms with Crippen LogP contribution in [-0.2, 0) is 19.5 Å². The van der Waals surface area contributed by atoms with E-state index < -0.39 is 16.0 Å². The van der Waals surface area contributed by atoms with Crippen LogP contribution in [0.3, 0.4) is 0 Å². The summed E-state index contributed by atoms with van der Waals surface area (Å²) in [5.41, 5.74) is 0.902. The molecule has 0 spiro atoms. The van der Waals surface area contributed by atoms with E-state index in [1.807, 2.05) is 35.2 Å². The van der Waals surface area contributed by atoms with E-state index >= 15 is 0 Å². The van der Waals surface area contributed by atoms with Crippen molar-refractivity contribution in [2.24, 2.45) is 0 Å². The second-order valence-corrected chi connectivity index (χ2v) is 9.98. The zero-order valence-electron chi connectivity index (χ0n) is 18.6. The van der Waals surface area contributed by atoms with Crippen molar-refractivity contribution in [3.05, 3.63) is 54.1 Å². The Kier molecular flexibility index (Phi) is 7.85. The Morgan fingerprint density at radius 1 is 0.909 bits per heavy atom. The van der Waals surface area contributed by atoms with Crippen molar-refractivity contribution in [1.82, 2.24) is 4.31 Å². The fourth-order valence-electron chi connectivity index (χ4n) is 4.06. The number of benzene rings is 2. The van der Waals surface area contributed by atoms with Crippen molar-refractivity contribution in [3.8, 4) is 5.75 Å². The van der Waals surface area contributed by atoms with Gasteiger partial charge in [0.1, 0.15) is 19.0 Å². The third kappa shape index (κ3) is 5.85. The minimum Gasteiger partial charge on any atom is -0.490 e. The van der Waals surface area contributed by atoms with Crippen LogP contribution in [0.25, 0.3) is 0 Å². The molecule has 0 aromatic heterocycles. The Bertz CT molecular complexity index is 1030. The number of carbonyl (C=O) groups excluding carboxylic acids is 1. The zero-order chi connectivity index (χ0) is 23.1. The van der Waals surface area contributed by atoms with Gasteiger partial charge in [-0.3, -0.25) is 0 Å². The molecule has 2 aromatic rings. The number of morpholine rings is 1. The normalized spacial score (nSPS) is 17.5. The van der Waals surface area contributed by atoms with Crippen LogP contribution in [0.15, 0.2) is 53.4 Å². The topological polar surface area (TPSA) is 85.4 Å². The fraction of sp³-hybridized carbons (Fsp3) is 0.458. The third-order valence-corrected chi connectivity index (χ3v) is 7.72. The van der Waals surface area contributed by atoms with Gasteiger partial charge in [-0.05, 0) is 43.2 Å². The Hall–Kier alpha value is -2.62. The van der Waals surface area contributed by atoms with Crippen LogP contribution in [0.4, 0.5) is 5.69 Å². The average molecular weight is 475 g/mol. The molecule has 0 radical (unpaired) electrons. The fourth-order valence-corrected chi connectivity index (χ4v) is 5.61. The summed E-state index contributed by atoms with van der Waals surface area (Å²) < 4.78 is 44.4. The lowest BCUT2D eigenvalue weighted by Gasteiger charge is -2.31. The number of ether oxygens (including phenoxy) is 3. The summed E-state index contributed by atoms with van der Waals surface area (Å²) in [6.45, 7) is 3.60. The third-order valence-electron chi connectivity index (χ3n) is 5.82. The summed E-state index contributed by atoms with van der Waals surface area (Å²) in [6, 6.07) is 14.0. The molecule has 4 rings (SSSR count). The van der Waals surface area contributed by atoms with E-state index in [4.69, 9.17) is 14.2 Å². The van der Waals surface area contributed by atoms with Crippen molar-refractivity contribution >= 4 is 21.7 Å². The van der Waals surface area contributed by atoms with Gasteiger partial charge in [-0.15, -0.1) is 0 Å². The van der Waals surface area contributed by atoms with E-state index in [0.717, 1.165) is 19.3 Å². The maximum Gasteiger partial charge on any atom is 0.340 e. The highest BCUT2D eigenvalue weighted by molar-refractivity contribution is 7.89. The Balaban J connectivity index is 1.52. The number of rotatable bonds is 8. The number of hydrogen-bond acceptors (Lipinski definition) is 7. The molecule has 0 amide bonds. The second-order valence-electron chi connectivity index (χ2n) is 8.04. The SMILES string of the molecule is O=C(OCCOc1ccccc1)c1cc(S(=O)(=O)N2CCCCC2)ccc1N1CCOCC1. The van der Waals surface area contributed by atoms with E-state index in [9.17, 15) is 13.2 Å². The smallest absolute Gasteiger partial charge is 0.340 e. The summed E-state index contributed by atoms with van der Waals surface area (Å²) >= 11 is 0. The van der Waals surface area contributed by atoms with Gasteiger partial charge in [0.25, 0.3) is 0 Å². The van der Waals surface area contributed by atoms with Gasteiger partial charge >= 0.3 is 5.97 Å². The molecule has 178 valence electrons. The van der Waals surface area contributed by atoms with Crippen LogP contribution in [0, 0.1) is 0 Å².